The van der Waals surface area contributed by atoms with Gasteiger partial charge in [-0.2, -0.15) is 5.10 Å². The van der Waals surface area contributed by atoms with Gasteiger partial charge in [0.05, 0.1) is 35.0 Å². The second kappa shape index (κ2) is 8.37. The van der Waals surface area contributed by atoms with Crippen molar-refractivity contribution < 1.29 is 4.39 Å². The van der Waals surface area contributed by atoms with E-state index in [0.717, 1.165) is 67.1 Å². The summed E-state index contributed by atoms with van der Waals surface area (Å²) in [7, 11) is 0. The number of halogens is 1. The Bertz CT molecular complexity index is 1800. The van der Waals surface area contributed by atoms with E-state index in [1.165, 1.54) is 25.0 Å². The molecule has 3 N–H and O–H groups in total. The lowest BCUT2D eigenvalue weighted by atomic mass is 10.0. The normalized spacial score (nSPS) is 13.3. The Morgan fingerprint density at radius 3 is 2.65 bits per heavy atom. The van der Waals surface area contributed by atoms with Gasteiger partial charge in [0.2, 0.25) is 0 Å². The second-order valence-electron chi connectivity index (χ2n) is 9.38. The fourth-order valence-electron chi connectivity index (χ4n) is 4.68. The number of H-pyrrole nitrogens is 2. The molecule has 37 heavy (non-hydrogen) atoms. The van der Waals surface area contributed by atoms with Crippen LogP contribution in [-0.4, -0.2) is 30.1 Å². The van der Waals surface area contributed by atoms with E-state index in [4.69, 9.17) is 0 Å². The Kier molecular flexibility index (Phi) is 4.85. The number of fused-ring (bicyclic) bond motifs is 2. The number of rotatable bonds is 6. The van der Waals surface area contributed by atoms with Crippen molar-refractivity contribution in [3.63, 3.8) is 0 Å². The Morgan fingerprint density at radius 2 is 1.81 bits per heavy atom. The van der Waals surface area contributed by atoms with Crippen molar-refractivity contribution in [2.24, 2.45) is 5.92 Å². The van der Waals surface area contributed by atoms with Crippen molar-refractivity contribution in [3.8, 4) is 33.8 Å². The lowest BCUT2D eigenvalue weighted by Crippen LogP contribution is -2.00. The molecule has 180 valence electrons. The van der Waals surface area contributed by atoms with Crippen molar-refractivity contribution in [1.29, 1.82) is 0 Å². The van der Waals surface area contributed by atoms with Crippen LogP contribution in [0.3, 0.4) is 0 Å². The molecule has 1 aliphatic rings. The summed E-state index contributed by atoms with van der Waals surface area (Å²) < 4.78 is 13.5. The summed E-state index contributed by atoms with van der Waals surface area (Å²) in [5.41, 5.74) is 8.69. The van der Waals surface area contributed by atoms with Gasteiger partial charge in [-0.15, -0.1) is 0 Å². The first-order valence-corrected chi connectivity index (χ1v) is 12.1. The van der Waals surface area contributed by atoms with Gasteiger partial charge >= 0.3 is 0 Å². The number of anilines is 1. The molecular formula is C29H22FN7. The van der Waals surface area contributed by atoms with E-state index < -0.39 is 0 Å². The lowest BCUT2D eigenvalue weighted by Gasteiger charge is -2.09. The van der Waals surface area contributed by atoms with Crippen LogP contribution < -0.4 is 5.32 Å². The van der Waals surface area contributed by atoms with Crippen LogP contribution in [0.1, 0.15) is 12.8 Å². The smallest absolute Gasteiger partial charge is 0.138 e. The Balaban J connectivity index is 1.28. The van der Waals surface area contributed by atoms with Gasteiger partial charge in [0.15, 0.2) is 0 Å². The topological polar surface area (TPSA) is 95.2 Å². The summed E-state index contributed by atoms with van der Waals surface area (Å²) in [6.45, 7) is 4.15. The third-order valence-electron chi connectivity index (χ3n) is 6.80. The van der Waals surface area contributed by atoms with Crippen LogP contribution in [0.5, 0.6) is 0 Å². The fraction of sp³-hybridized carbons (Fsp3) is 0.103. The highest BCUT2D eigenvalue weighted by Gasteiger charge is 2.24. The zero-order valence-corrected chi connectivity index (χ0v) is 19.8. The van der Waals surface area contributed by atoms with Crippen LogP contribution in [0.25, 0.3) is 55.7 Å². The van der Waals surface area contributed by atoms with Crippen LogP contribution in [0.4, 0.5) is 10.1 Å². The van der Waals surface area contributed by atoms with Crippen LogP contribution >= 0.6 is 0 Å². The second-order valence-corrected chi connectivity index (χ2v) is 9.38. The van der Waals surface area contributed by atoms with Gasteiger partial charge in [-0.1, -0.05) is 18.7 Å². The number of pyridine rings is 3. The molecule has 7 nitrogen and oxygen atoms in total. The van der Waals surface area contributed by atoms with Crippen molar-refractivity contribution in [1.82, 2.24) is 30.1 Å². The molecule has 0 radical (unpaired) electrons. The van der Waals surface area contributed by atoms with Crippen molar-refractivity contribution in [2.45, 2.75) is 12.8 Å². The number of aromatic nitrogens is 6. The van der Waals surface area contributed by atoms with Gasteiger partial charge in [-0.3, -0.25) is 15.1 Å². The standard InChI is InChI=1S/C29H22FN7/c1-16(17-2-3-17)34-21-10-19(13-31-14-21)25-12-24-27(15-33-25)36-37-28(24)26-11-23-22(8-9-32-29(23)35-26)18-4-6-20(30)7-5-18/h4-15,17,34H,1-3H2,(H,32,35)(H,36,37). The largest absolute Gasteiger partial charge is 0.358 e. The summed E-state index contributed by atoms with van der Waals surface area (Å²) in [6.07, 6.45) is 9.52. The maximum Gasteiger partial charge on any atom is 0.138 e. The van der Waals surface area contributed by atoms with Gasteiger partial charge in [0.25, 0.3) is 0 Å². The molecule has 0 spiro atoms. The molecule has 6 aromatic rings. The SMILES string of the molecule is C=C(Nc1cncc(-c2cc3c(-c4cc5c(-c6ccc(F)cc6)ccnc5[nH]4)n[nH]c3cn2)c1)C1CC1. The number of hydrogen-bond donors (Lipinski definition) is 3. The quantitative estimate of drug-likeness (QED) is 0.243. The summed E-state index contributed by atoms with van der Waals surface area (Å²) in [6, 6.07) is 14.5. The van der Waals surface area contributed by atoms with E-state index in [9.17, 15) is 4.39 Å². The molecule has 0 atom stereocenters. The van der Waals surface area contributed by atoms with Gasteiger partial charge in [0.1, 0.15) is 17.2 Å². The number of benzene rings is 1. The molecule has 5 aromatic heterocycles. The molecule has 1 aromatic carbocycles. The Hall–Kier alpha value is -4.85. The predicted molar refractivity (Wildman–Crippen MR) is 143 cm³/mol. The third-order valence-corrected chi connectivity index (χ3v) is 6.80. The van der Waals surface area contributed by atoms with E-state index in [1.807, 2.05) is 24.3 Å². The molecule has 0 amide bonds. The number of allylic oxidation sites excluding steroid dienone is 1. The molecule has 0 bridgehead atoms. The lowest BCUT2D eigenvalue weighted by molar-refractivity contribution is 0.628. The first-order valence-electron chi connectivity index (χ1n) is 12.1. The van der Waals surface area contributed by atoms with Crippen LogP contribution in [0, 0.1) is 11.7 Å². The average Bonchev–Trinajstić information content (AvgIpc) is 3.55. The molecule has 5 heterocycles. The van der Waals surface area contributed by atoms with Crippen molar-refractivity contribution in [3.05, 3.63) is 91.4 Å². The predicted octanol–water partition coefficient (Wildman–Crippen LogP) is 6.70. The molecule has 1 fully saturated rings. The molecule has 0 unspecified atom stereocenters. The van der Waals surface area contributed by atoms with Crippen LogP contribution in [0.15, 0.2) is 85.6 Å². The maximum absolute atomic E-state index is 13.5. The number of nitrogens with zero attached hydrogens (tertiary/aromatic N) is 4. The van der Waals surface area contributed by atoms with Gasteiger partial charge in [0, 0.05) is 34.4 Å². The van der Waals surface area contributed by atoms with E-state index in [2.05, 4.69) is 42.0 Å². The average molecular weight is 488 g/mol. The minimum Gasteiger partial charge on any atom is -0.358 e. The molecule has 0 saturated heterocycles. The first-order chi connectivity index (χ1) is 18.1. The number of nitrogens with one attached hydrogen (secondary N) is 3. The van der Waals surface area contributed by atoms with Gasteiger partial charge in [-0.05, 0) is 66.3 Å². The van der Waals surface area contributed by atoms with E-state index in [1.54, 1.807) is 36.9 Å². The zero-order chi connectivity index (χ0) is 24.9. The summed E-state index contributed by atoms with van der Waals surface area (Å²) in [5.74, 6) is 0.293. The van der Waals surface area contributed by atoms with E-state index in [0.29, 0.717) is 5.92 Å². The molecular weight excluding hydrogens is 465 g/mol. The molecule has 0 aliphatic heterocycles. The maximum atomic E-state index is 13.5. The third kappa shape index (κ3) is 3.92. The van der Waals surface area contributed by atoms with Gasteiger partial charge in [-0.25, -0.2) is 9.37 Å². The molecule has 8 heteroatoms. The van der Waals surface area contributed by atoms with Crippen LogP contribution in [-0.2, 0) is 0 Å². The highest BCUT2D eigenvalue weighted by molar-refractivity contribution is 6.00. The molecule has 1 saturated carbocycles. The molecule has 7 rings (SSSR count). The van der Waals surface area contributed by atoms with Crippen LogP contribution in [0.2, 0.25) is 0 Å². The molecule has 1 aliphatic carbocycles. The monoisotopic (exact) mass is 487 g/mol. The summed E-state index contributed by atoms with van der Waals surface area (Å²) in [5, 5.41) is 12.9. The van der Waals surface area contributed by atoms with Crippen molar-refractivity contribution >= 4 is 27.6 Å². The zero-order valence-electron chi connectivity index (χ0n) is 19.8. The minimum atomic E-state index is -0.263. The van der Waals surface area contributed by atoms with E-state index in [-0.39, 0.29) is 5.82 Å². The van der Waals surface area contributed by atoms with Gasteiger partial charge < -0.3 is 10.3 Å². The highest BCUT2D eigenvalue weighted by atomic mass is 19.1. The first kappa shape index (κ1) is 21.4. The fourth-order valence-corrected chi connectivity index (χ4v) is 4.68. The highest BCUT2D eigenvalue weighted by Crippen LogP contribution is 2.37. The number of hydrogen-bond acceptors (Lipinski definition) is 5. The Labute approximate surface area is 211 Å². The Morgan fingerprint density at radius 1 is 0.946 bits per heavy atom. The summed E-state index contributed by atoms with van der Waals surface area (Å²) >= 11 is 0. The number of aromatic amines is 2. The van der Waals surface area contributed by atoms with Crippen molar-refractivity contribution in [2.75, 3.05) is 5.32 Å². The summed E-state index contributed by atoms with van der Waals surface area (Å²) in [4.78, 5) is 17.0. The van der Waals surface area contributed by atoms with E-state index >= 15 is 0 Å². The minimum absolute atomic E-state index is 0.263.